The molecule has 12 N–H and O–H groups in total. The summed E-state index contributed by atoms with van der Waals surface area (Å²) in [4.78, 5) is 186. The minimum atomic E-state index is -2.05. The minimum absolute atomic E-state index is 0.00244. The van der Waals surface area contributed by atoms with E-state index in [0.717, 1.165) is 53.4 Å². The Morgan fingerprint density at radius 1 is 0.641 bits per heavy atom. The van der Waals surface area contributed by atoms with Crippen LogP contribution in [0.1, 0.15) is 93.1 Å². The summed E-state index contributed by atoms with van der Waals surface area (Å²) in [5.41, 5.74) is 18.1. The number of nitrogens with two attached hydrogens (primary N) is 3. The molecule has 3 heterocycles. The van der Waals surface area contributed by atoms with Crippen LogP contribution in [0.3, 0.4) is 0 Å². The second-order valence-electron chi connectivity index (χ2n) is 21.3. The number of ether oxygens (including phenoxy) is 11. The number of aliphatic carboxylic acids is 2. The molecule has 4 rings (SSSR count). The Balaban J connectivity index is 1.65. The summed E-state index contributed by atoms with van der Waals surface area (Å²) >= 11 is 0. The Bertz CT molecular complexity index is 2860. The molecule has 1 aromatic carbocycles. The highest BCUT2D eigenvalue weighted by Crippen LogP contribution is 2.36. The molecule has 0 aliphatic carbocycles. The van der Waals surface area contributed by atoms with Crippen LogP contribution in [0.2, 0.25) is 0 Å². The number of carboxylic acid groups (broad SMARTS) is 2. The van der Waals surface area contributed by atoms with Gasteiger partial charge in [0, 0.05) is 68.0 Å². The highest BCUT2D eigenvalue weighted by molar-refractivity contribution is 5.96. The van der Waals surface area contributed by atoms with E-state index in [0.29, 0.717) is 5.56 Å². The van der Waals surface area contributed by atoms with E-state index < -0.39 is 207 Å². The van der Waals surface area contributed by atoms with E-state index in [9.17, 15) is 77.3 Å². The van der Waals surface area contributed by atoms with Crippen LogP contribution in [-0.4, -0.2) is 235 Å². The largest absolute Gasteiger partial charge is 0.481 e. The number of likely N-dealkylation sites (tertiary alicyclic amines) is 1. The van der Waals surface area contributed by atoms with Gasteiger partial charge in [0.1, 0.15) is 55.6 Å². The molecule has 3 saturated heterocycles. The summed E-state index contributed by atoms with van der Waals surface area (Å²) in [5.74, 6) is -15.2. The number of nitrogens with zero attached hydrogens (tertiary/aromatic N) is 2. The SMILES string of the molecule is CC(=O)OC[C@H]1O[C@@H](O[C@H]2C(O[C@H](C)[C@H](N)C(=O)N3CCC[C@H]3C(=O)N[C@@H](CCCN=C(N)N)C(=O)NCC(=O)N[C@@H](CC(=O)O)C(=O)N[C@@H](Cc3ccccc3)C(=O)O)O[C@H](COC(C)=O)[C@@H](OC(C)=O)[C@@H]2OC(C)=O)[C@H](OC(C)=O)[C@@H](OC(C)=O)[C@@H]1OC(C)=O. The van der Waals surface area contributed by atoms with Crippen molar-refractivity contribution in [3.05, 3.63) is 35.9 Å². The van der Waals surface area contributed by atoms with Crippen molar-refractivity contribution in [1.29, 1.82) is 0 Å². The Hall–Kier alpha value is -9.13. The average Bonchev–Trinajstić information content (AvgIpc) is 0.844. The second-order valence-corrected chi connectivity index (χ2v) is 21.3. The lowest BCUT2D eigenvalue weighted by molar-refractivity contribution is -0.372. The van der Waals surface area contributed by atoms with Gasteiger partial charge in [0.25, 0.3) is 0 Å². The number of hydrogen-bond acceptors (Lipinski definition) is 27. The molecule has 36 heteroatoms. The van der Waals surface area contributed by atoms with Crippen molar-refractivity contribution in [1.82, 2.24) is 26.2 Å². The highest BCUT2D eigenvalue weighted by Gasteiger charge is 2.58. The van der Waals surface area contributed by atoms with Gasteiger partial charge in [0.05, 0.1) is 19.1 Å². The molecule has 3 aliphatic heterocycles. The maximum Gasteiger partial charge on any atom is 0.326 e. The fourth-order valence-corrected chi connectivity index (χ4v) is 9.85. The molecule has 16 atom stereocenters. The molecule has 1 unspecified atom stereocenters. The molecule has 0 spiro atoms. The monoisotopic (exact) mass is 1310 g/mol. The first-order chi connectivity index (χ1) is 43.3. The molecular formula is C56H79N9O27. The summed E-state index contributed by atoms with van der Waals surface area (Å²) in [6.45, 7) is 5.65. The van der Waals surface area contributed by atoms with Gasteiger partial charge in [-0.15, -0.1) is 0 Å². The molecule has 510 valence electrons. The molecule has 36 nitrogen and oxygen atoms in total. The lowest BCUT2D eigenvalue weighted by Gasteiger charge is -2.49. The summed E-state index contributed by atoms with van der Waals surface area (Å²) in [6.07, 6.45) is -21.0. The van der Waals surface area contributed by atoms with Gasteiger partial charge < -0.3 is 106 Å². The Labute approximate surface area is 526 Å². The van der Waals surface area contributed by atoms with Crippen LogP contribution in [0, 0.1) is 0 Å². The van der Waals surface area contributed by atoms with Crippen LogP contribution in [0.5, 0.6) is 0 Å². The third kappa shape index (κ3) is 23.9. The Kier molecular flexibility index (Phi) is 29.5. The van der Waals surface area contributed by atoms with Gasteiger partial charge in [-0.25, -0.2) is 4.79 Å². The molecule has 0 bridgehead atoms. The van der Waals surface area contributed by atoms with Crippen molar-refractivity contribution >= 4 is 89.2 Å². The van der Waals surface area contributed by atoms with E-state index in [1.807, 2.05) is 0 Å². The van der Waals surface area contributed by atoms with E-state index in [1.54, 1.807) is 30.3 Å². The van der Waals surface area contributed by atoms with Crippen LogP contribution >= 0.6 is 0 Å². The summed E-state index contributed by atoms with van der Waals surface area (Å²) < 4.78 is 63.4. The standard InChI is InChI=1S/C56H79N9O27/c1-25(84-54-48(46(88-31(7)71)44(86-29(5)69)38(90-54)23-82-26(2)66)92-55-47(89-32(8)72)45(87-30(6)70)43(85-28(4)68)39(91-55)24-83-27(3)67)42(57)52(79)65-19-13-17-37(65)51(78)63-34(16-12-18-60-56(58)59)49(76)61-22-40(73)62-35(21-41(74)75)50(77)64-36(53(80)81)20-33-14-10-9-11-15-33/h9-11,14-15,25,34-39,42-48,54-55H,12-13,16-24,57H2,1-8H3,(H,61,76)(H,62,73)(H,63,78)(H,64,77)(H,74,75)(H,80,81)(H4,58,59,60)/t25-,34+,35+,36+,37+,38-,39-,42+,43-,44-,45+,46+,47-,48-,54?,55+/m1/s1. The number of amides is 5. The lowest BCUT2D eigenvalue weighted by atomic mass is 9.96. The van der Waals surface area contributed by atoms with Gasteiger partial charge >= 0.3 is 53.7 Å². The van der Waals surface area contributed by atoms with Gasteiger partial charge in [-0.1, -0.05) is 30.3 Å². The third-order valence-corrected chi connectivity index (χ3v) is 13.8. The molecule has 0 aromatic heterocycles. The lowest BCUT2D eigenvalue weighted by Crippen LogP contribution is -2.67. The van der Waals surface area contributed by atoms with Crippen LogP contribution < -0.4 is 38.5 Å². The number of esters is 7. The van der Waals surface area contributed by atoms with Crippen molar-refractivity contribution < 1.29 is 129 Å². The quantitative estimate of drug-likeness (QED) is 0.0108. The first kappa shape index (κ1) is 75.3. The van der Waals surface area contributed by atoms with Crippen LogP contribution in [0.15, 0.2) is 35.3 Å². The molecule has 3 fully saturated rings. The van der Waals surface area contributed by atoms with Crippen LogP contribution in [0.4, 0.5) is 0 Å². The average molecular weight is 1310 g/mol. The normalized spacial score (nSPS) is 24.1. The van der Waals surface area contributed by atoms with E-state index in [1.165, 1.54) is 6.92 Å². The van der Waals surface area contributed by atoms with E-state index >= 15 is 0 Å². The fourth-order valence-electron chi connectivity index (χ4n) is 9.85. The molecular weight excluding hydrogens is 1230 g/mol. The van der Waals surface area contributed by atoms with Crippen LogP contribution in [0.25, 0.3) is 0 Å². The molecule has 1 aromatic rings. The van der Waals surface area contributed by atoms with Crippen molar-refractivity contribution in [2.24, 2.45) is 22.2 Å². The summed E-state index contributed by atoms with van der Waals surface area (Å²) in [5, 5.41) is 28.6. The summed E-state index contributed by atoms with van der Waals surface area (Å²) in [7, 11) is 0. The van der Waals surface area contributed by atoms with E-state index in [2.05, 4.69) is 26.3 Å². The highest BCUT2D eigenvalue weighted by atomic mass is 16.8. The molecule has 0 radical (unpaired) electrons. The van der Waals surface area contributed by atoms with Crippen LogP contribution in [-0.2, 0) is 126 Å². The maximum absolute atomic E-state index is 14.6. The number of carboxylic acids is 2. The number of benzene rings is 1. The number of carbonyl (C=O) groups excluding carboxylic acids is 12. The number of nitrogens with one attached hydrogen (secondary N) is 4. The zero-order valence-corrected chi connectivity index (χ0v) is 51.6. The predicted octanol–water partition coefficient (Wildman–Crippen LogP) is -4.24. The number of aliphatic imine (C=N–C) groups is 1. The molecule has 92 heavy (non-hydrogen) atoms. The predicted molar refractivity (Wildman–Crippen MR) is 305 cm³/mol. The summed E-state index contributed by atoms with van der Waals surface area (Å²) in [6, 6.07) is 0.249. The zero-order valence-electron chi connectivity index (χ0n) is 51.6. The Morgan fingerprint density at radius 3 is 1.67 bits per heavy atom. The van der Waals surface area contributed by atoms with Crippen molar-refractivity contribution in [3.63, 3.8) is 0 Å². The van der Waals surface area contributed by atoms with E-state index in [4.69, 9.17) is 69.3 Å². The maximum atomic E-state index is 14.6. The number of hydrogen-bond donors (Lipinski definition) is 9. The number of carbonyl (C=O) groups is 14. The smallest absolute Gasteiger partial charge is 0.326 e. The van der Waals surface area contributed by atoms with Gasteiger partial charge in [-0.05, 0) is 38.2 Å². The zero-order chi connectivity index (χ0) is 68.7. The molecule has 3 aliphatic rings. The van der Waals surface area contributed by atoms with E-state index in [-0.39, 0.29) is 51.2 Å². The number of guanidine groups is 1. The number of rotatable bonds is 32. The first-order valence-electron chi connectivity index (χ1n) is 28.8. The van der Waals surface area contributed by atoms with Gasteiger partial charge in [-0.3, -0.25) is 67.3 Å². The van der Waals surface area contributed by atoms with Crippen molar-refractivity contribution in [3.8, 4) is 0 Å². The fraction of sp³-hybridized carbons (Fsp3) is 0.625. The first-order valence-corrected chi connectivity index (χ1v) is 28.8. The Morgan fingerprint density at radius 2 is 1.16 bits per heavy atom. The van der Waals surface area contributed by atoms with Gasteiger partial charge in [0.15, 0.2) is 55.2 Å². The van der Waals surface area contributed by atoms with Crippen molar-refractivity contribution in [2.75, 3.05) is 32.8 Å². The third-order valence-electron chi connectivity index (χ3n) is 13.8. The topological polar surface area (TPSA) is 523 Å². The van der Waals surface area contributed by atoms with Gasteiger partial charge in [-0.2, -0.15) is 0 Å². The van der Waals surface area contributed by atoms with Gasteiger partial charge in [0.2, 0.25) is 29.5 Å². The minimum Gasteiger partial charge on any atom is -0.481 e. The molecule has 5 amide bonds. The van der Waals surface area contributed by atoms with Crippen molar-refractivity contribution in [2.45, 2.75) is 192 Å². The second kappa shape index (κ2) is 36.1. The molecule has 0 saturated carbocycles.